The minimum Gasteiger partial charge on any atom is -0.300 e. The molecule has 0 amide bonds. The molecule has 0 N–H and O–H groups in total. The Labute approximate surface area is 104 Å². The standard InChI is InChI=1S/C13H26BrN/c1-10(2)13(8-14)9-15-7-5-6-11(3)12(15)4/h10-13H,5-9H2,1-4H3. The van der Waals surface area contributed by atoms with Gasteiger partial charge in [0.2, 0.25) is 0 Å². The lowest BCUT2D eigenvalue weighted by molar-refractivity contribution is 0.0907. The Bertz CT molecular complexity index is 181. The third kappa shape index (κ3) is 3.74. The Morgan fingerprint density at radius 2 is 2.00 bits per heavy atom. The summed E-state index contributed by atoms with van der Waals surface area (Å²) in [5.74, 6) is 2.47. The highest BCUT2D eigenvalue weighted by molar-refractivity contribution is 9.09. The van der Waals surface area contributed by atoms with Crippen molar-refractivity contribution >= 4 is 15.9 Å². The molecule has 1 nitrogen and oxygen atoms in total. The number of halogens is 1. The van der Waals surface area contributed by atoms with E-state index in [1.807, 2.05) is 0 Å². The Morgan fingerprint density at radius 3 is 2.53 bits per heavy atom. The van der Waals surface area contributed by atoms with Gasteiger partial charge in [-0.05, 0) is 44.1 Å². The molecule has 3 atom stereocenters. The number of rotatable bonds is 4. The maximum Gasteiger partial charge on any atom is 0.00926 e. The molecule has 1 aliphatic heterocycles. The molecule has 0 aromatic rings. The smallest absolute Gasteiger partial charge is 0.00926 e. The Morgan fingerprint density at radius 1 is 1.33 bits per heavy atom. The van der Waals surface area contributed by atoms with E-state index in [0.29, 0.717) is 0 Å². The number of nitrogens with zero attached hydrogens (tertiary/aromatic N) is 1. The van der Waals surface area contributed by atoms with Crippen molar-refractivity contribution in [3.63, 3.8) is 0 Å². The van der Waals surface area contributed by atoms with Crippen LogP contribution in [0.2, 0.25) is 0 Å². The lowest BCUT2D eigenvalue weighted by Crippen LogP contribution is -2.45. The summed E-state index contributed by atoms with van der Waals surface area (Å²) in [6.45, 7) is 12.1. The van der Waals surface area contributed by atoms with Crippen LogP contribution in [0.15, 0.2) is 0 Å². The van der Waals surface area contributed by atoms with Crippen LogP contribution in [0.4, 0.5) is 0 Å². The number of likely N-dealkylation sites (tertiary alicyclic amines) is 1. The predicted molar refractivity (Wildman–Crippen MR) is 71.6 cm³/mol. The van der Waals surface area contributed by atoms with Crippen LogP contribution in [0.5, 0.6) is 0 Å². The molecule has 0 spiro atoms. The average molecular weight is 276 g/mol. The van der Waals surface area contributed by atoms with E-state index >= 15 is 0 Å². The van der Waals surface area contributed by atoms with Gasteiger partial charge in [0.15, 0.2) is 0 Å². The predicted octanol–water partition coefficient (Wildman–Crippen LogP) is 3.77. The van der Waals surface area contributed by atoms with Crippen LogP contribution in [0.1, 0.15) is 40.5 Å². The molecule has 2 heteroatoms. The first-order chi connectivity index (χ1) is 7.06. The van der Waals surface area contributed by atoms with E-state index < -0.39 is 0 Å². The van der Waals surface area contributed by atoms with Crippen LogP contribution in [-0.4, -0.2) is 29.4 Å². The topological polar surface area (TPSA) is 3.24 Å². The summed E-state index contributed by atoms with van der Waals surface area (Å²) in [5.41, 5.74) is 0. The first-order valence-electron chi connectivity index (χ1n) is 6.36. The summed E-state index contributed by atoms with van der Waals surface area (Å²) < 4.78 is 0. The maximum atomic E-state index is 3.65. The SMILES string of the molecule is CC(C)C(CBr)CN1CCCC(C)C1C. The van der Waals surface area contributed by atoms with Gasteiger partial charge in [0.05, 0.1) is 0 Å². The van der Waals surface area contributed by atoms with Crippen molar-refractivity contribution in [1.29, 1.82) is 0 Å². The van der Waals surface area contributed by atoms with Crippen LogP contribution in [0.3, 0.4) is 0 Å². The van der Waals surface area contributed by atoms with Crippen molar-refractivity contribution < 1.29 is 0 Å². The number of piperidine rings is 1. The van der Waals surface area contributed by atoms with E-state index in [1.54, 1.807) is 0 Å². The summed E-state index contributed by atoms with van der Waals surface area (Å²) in [4.78, 5) is 2.69. The van der Waals surface area contributed by atoms with Crippen molar-refractivity contribution in [2.24, 2.45) is 17.8 Å². The van der Waals surface area contributed by atoms with Gasteiger partial charge in [-0.1, -0.05) is 36.7 Å². The molecule has 0 saturated carbocycles. The highest BCUT2D eigenvalue weighted by Gasteiger charge is 2.27. The van der Waals surface area contributed by atoms with E-state index in [2.05, 4.69) is 48.5 Å². The molecule has 1 saturated heterocycles. The fourth-order valence-corrected chi connectivity index (χ4v) is 3.37. The van der Waals surface area contributed by atoms with E-state index in [0.717, 1.165) is 29.1 Å². The molecule has 0 aliphatic carbocycles. The third-order valence-corrected chi connectivity index (χ3v) is 4.95. The second-order valence-electron chi connectivity index (χ2n) is 5.51. The largest absolute Gasteiger partial charge is 0.300 e. The number of hydrogen-bond donors (Lipinski definition) is 0. The van der Waals surface area contributed by atoms with Gasteiger partial charge in [-0.15, -0.1) is 0 Å². The molecule has 90 valence electrons. The van der Waals surface area contributed by atoms with Crippen LogP contribution in [-0.2, 0) is 0 Å². The summed E-state index contributed by atoms with van der Waals surface area (Å²) in [6, 6.07) is 0.777. The molecule has 3 unspecified atom stereocenters. The van der Waals surface area contributed by atoms with Crippen molar-refractivity contribution in [3.8, 4) is 0 Å². The van der Waals surface area contributed by atoms with E-state index in [9.17, 15) is 0 Å². The van der Waals surface area contributed by atoms with Gasteiger partial charge < -0.3 is 4.90 Å². The van der Waals surface area contributed by atoms with Crippen LogP contribution in [0, 0.1) is 17.8 Å². The second-order valence-corrected chi connectivity index (χ2v) is 6.16. The molecule has 1 heterocycles. The quantitative estimate of drug-likeness (QED) is 0.706. The van der Waals surface area contributed by atoms with Crippen LogP contribution < -0.4 is 0 Å². The first kappa shape index (κ1) is 13.5. The van der Waals surface area contributed by atoms with Gasteiger partial charge in [0.1, 0.15) is 0 Å². The van der Waals surface area contributed by atoms with Gasteiger partial charge in [0.25, 0.3) is 0 Å². The zero-order valence-electron chi connectivity index (χ0n) is 10.7. The van der Waals surface area contributed by atoms with Crippen molar-refractivity contribution in [3.05, 3.63) is 0 Å². The molecular weight excluding hydrogens is 250 g/mol. The van der Waals surface area contributed by atoms with Crippen molar-refractivity contribution in [2.45, 2.75) is 46.6 Å². The Hall–Kier alpha value is 0.440. The molecule has 1 aliphatic rings. The van der Waals surface area contributed by atoms with Gasteiger partial charge in [-0.3, -0.25) is 0 Å². The Kier molecular flexibility index (Phi) is 5.62. The maximum absolute atomic E-state index is 3.65. The highest BCUT2D eigenvalue weighted by atomic mass is 79.9. The zero-order chi connectivity index (χ0) is 11.4. The van der Waals surface area contributed by atoms with Gasteiger partial charge in [-0.25, -0.2) is 0 Å². The second kappa shape index (κ2) is 6.24. The van der Waals surface area contributed by atoms with E-state index in [-0.39, 0.29) is 0 Å². The molecule has 1 rings (SSSR count). The Balaban J connectivity index is 2.48. The van der Waals surface area contributed by atoms with E-state index in [4.69, 9.17) is 0 Å². The monoisotopic (exact) mass is 275 g/mol. The molecule has 0 bridgehead atoms. The summed E-state index contributed by atoms with van der Waals surface area (Å²) in [6.07, 6.45) is 2.80. The molecule has 0 aromatic heterocycles. The molecule has 0 radical (unpaired) electrons. The third-order valence-electron chi connectivity index (χ3n) is 4.11. The number of hydrogen-bond acceptors (Lipinski definition) is 1. The summed E-state index contributed by atoms with van der Waals surface area (Å²) in [5, 5.41) is 1.14. The first-order valence-corrected chi connectivity index (χ1v) is 7.48. The minimum atomic E-state index is 0.777. The fraction of sp³-hybridized carbons (Fsp3) is 1.00. The molecule has 15 heavy (non-hydrogen) atoms. The number of alkyl halides is 1. The van der Waals surface area contributed by atoms with Crippen molar-refractivity contribution in [1.82, 2.24) is 4.90 Å². The summed E-state index contributed by atoms with van der Waals surface area (Å²) >= 11 is 3.65. The van der Waals surface area contributed by atoms with Crippen LogP contribution >= 0.6 is 15.9 Å². The average Bonchev–Trinajstić information content (AvgIpc) is 2.19. The van der Waals surface area contributed by atoms with Crippen LogP contribution in [0.25, 0.3) is 0 Å². The normalized spacial score (nSPS) is 30.8. The van der Waals surface area contributed by atoms with Gasteiger partial charge >= 0.3 is 0 Å². The summed E-state index contributed by atoms with van der Waals surface area (Å²) in [7, 11) is 0. The fourth-order valence-electron chi connectivity index (χ4n) is 2.42. The lowest BCUT2D eigenvalue weighted by atomic mass is 9.89. The highest BCUT2D eigenvalue weighted by Crippen LogP contribution is 2.25. The zero-order valence-corrected chi connectivity index (χ0v) is 12.3. The van der Waals surface area contributed by atoms with Gasteiger partial charge in [-0.2, -0.15) is 0 Å². The van der Waals surface area contributed by atoms with Gasteiger partial charge in [0, 0.05) is 17.9 Å². The molecular formula is C13H26BrN. The van der Waals surface area contributed by atoms with E-state index in [1.165, 1.54) is 25.9 Å². The minimum absolute atomic E-state index is 0.777. The molecule has 1 fully saturated rings. The lowest BCUT2D eigenvalue weighted by Gasteiger charge is -2.40. The molecule has 0 aromatic carbocycles. The van der Waals surface area contributed by atoms with Crippen molar-refractivity contribution in [2.75, 3.05) is 18.4 Å².